The molecule has 5 aliphatic rings. The summed E-state index contributed by atoms with van der Waals surface area (Å²) >= 11 is 0. The van der Waals surface area contributed by atoms with Crippen LogP contribution in [0.4, 0.5) is 5.69 Å². The predicted molar refractivity (Wildman–Crippen MR) is 161 cm³/mol. The molecule has 10 nitrogen and oxygen atoms in total. The van der Waals surface area contributed by atoms with Gasteiger partial charge in [0, 0.05) is 45.0 Å². The summed E-state index contributed by atoms with van der Waals surface area (Å²) in [5, 5.41) is 10.6. The maximum atomic E-state index is 14.7. The van der Waals surface area contributed by atoms with E-state index in [2.05, 4.69) is 4.90 Å². The van der Waals surface area contributed by atoms with Crippen LogP contribution in [-0.2, 0) is 23.9 Å². The van der Waals surface area contributed by atoms with E-state index in [0.29, 0.717) is 45.8 Å². The number of morpholine rings is 1. The molecule has 1 aromatic carbocycles. The first-order valence-electron chi connectivity index (χ1n) is 15.6. The number of aliphatic hydroxyl groups is 1. The number of carbonyl (C=O) groups is 3. The Kier molecular flexibility index (Phi) is 8.23. The minimum atomic E-state index is -1.34. The molecule has 1 N–H and O–H groups in total. The van der Waals surface area contributed by atoms with E-state index in [4.69, 9.17) is 9.47 Å². The molecule has 5 heterocycles. The van der Waals surface area contributed by atoms with Gasteiger partial charge < -0.3 is 29.3 Å². The summed E-state index contributed by atoms with van der Waals surface area (Å²) in [4.78, 5) is 51.2. The molecule has 43 heavy (non-hydrogen) atoms. The Morgan fingerprint density at radius 2 is 1.65 bits per heavy atom. The van der Waals surface area contributed by atoms with Gasteiger partial charge in [0.1, 0.15) is 11.6 Å². The van der Waals surface area contributed by atoms with Crippen LogP contribution < -0.4 is 4.90 Å². The van der Waals surface area contributed by atoms with Gasteiger partial charge in [0.15, 0.2) is 0 Å². The van der Waals surface area contributed by atoms with Gasteiger partial charge in [-0.05, 0) is 31.4 Å². The van der Waals surface area contributed by atoms with Crippen molar-refractivity contribution in [1.29, 1.82) is 0 Å². The number of amides is 3. The normalized spacial score (nSPS) is 33.5. The van der Waals surface area contributed by atoms with Crippen molar-refractivity contribution in [3.8, 4) is 0 Å². The second kappa shape index (κ2) is 11.8. The van der Waals surface area contributed by atoms with Crippen LogP contribution in [0.5, 0.6) is 0 Å². The Morgan fingerprint density at radius 3 is 2.35 bits per heavy atom. The molecular weight excluding hydrogens is 548 g/mol. The molecule has 0 radical (unpaired) electrons. The molecule has 5 aliphatic heterocycles. The predicted octanol–water partition coefficient (Wildman–Crippen LogP) is 1.70. The number of hydrogen-bond acceptors (Lipinski definition) is 7. The first-order chi connectivity index (χ1) is 20.7. The Hall–Kier alpha value is -3.05. The lowest BCUT2D eigenvalue weighted by Gasteiger charge is -2.40. The molecule has 1 unspecified atom stereocenters. The molecular formula is C33H44N4O6. The number of nitrogens with zero attached hydrogens (tertiary/aromatic N) is 4. The van der Waals surface area contributed by atoms with Gasteiger partial charge in [-0.1, -0.05) is 56.4 Å². The number of benzene rings is 1. The summed E-state index contributed by atoms with van der Waals surface area (Å²) in [6.07, 6.45) is 8.15. The topological polar surface area (TPSA) is 103 Å². The highest BCUT2D eigenvalue weighted by Gasteiger charge is 2.75. The van der Waals surface area contributed by atoms with Gasteiger partial charge in [-0.25, -0.2) is 0 Å². The highest BCUT2D eigenvalue weighted by atomic mass is 16.5. The number of anilines is 1. The lowest BCUT2D eigenvalue weighted by molar-refractivity contribution is -0.154. The zero-order valence-electron chi connectivity index (χ0n) is 25.4. The molecule has 3 amide bonds. The standard InChI is InChI=1S/C33H44N4O6/c1-23(2)21-25(22-38)37-28-31(41)35(16-15-34-17-19-42-20-18-34)13-8-12-33(28)27(30(37)40)26-29(39)36(24-9-5-4-6-10-24)14-7-11-32(26,3)43-33/h4-12,23,25-28,38H,13-22H2,1-3H3/t25-,26-,27+,28?,32+,33+/m1/s1. The molecule has 3 saturated heterocycles. The molecule has 6 rings (SSSR count). The van der Waals surface area contributed by atoms with Crippen molar-refractivity contribution in [2.24, 2.45) is 17.8 Å². The van der Waals surface area contributed by atoms with E-state index in [1.165, 1.54) is 0 Å². The van der Waals surface area contributed by atoms with Crippen LogP contribution in [0.15, 0.2) is 54.6 Å². The van der Waals surface area contributed by atoms with Crippen molar-refractivity contribution in [3.05, 3.63) is 54.6 Å². The summed E-state index contributed by atoms with van der Waals surface area (Å²) in [7, 11) is 0. The third-order valence-corrected chi connectivity index (χ3v) is 9.78. The van der Waals surface area contributed by atoms with Crippen molar-refractivity contribution < 1.29 is 29.0 Å². The van der Waals surface area contributed by atoms with Crippen molar-refractivity contribution in [3.63, 3.8) is 0 Å². The first kappa shape index (κ1) is 30.0. The average Bonchev–Trinajstić information content (AvgIpc) is 3.28. The van der Waals surface area contributed by atoms with Crippen molar-refractivity contribution in [2.75, 3.05) is 64.0 Å². The number of rotatable bonds is 8. The van der Waals surface area contributed by atoms with Crippen molar-refractivity contribution in [1.82, 2.24) is 14.7 Å². The van der Waals surface area contributed by atoms with Crippen LogP contribution >= 0.6 is 0 Å². The molecule has 0 bridgehead atoms. The van der Waals surface area contributed by atoms with Gasteiger partial charge in [0.05, 0.1) is 43.3 Å². The minimum absolute atomic E-state index is 0.178. The van der Waals surface area contributed by atoms with E-state index < -0.39 is 35.1 Å². The third kappa shape index (κ3) is 5.12. The number of aliphatic hydroxyl groups excluding tert-OH is 1. The second-order valence-corrected chi connectivity index (χ2v) is 13.0. The fourth-order valence-corrected chi connectivity index (χ4v) is 7.85. The highest BCUT2D eigenvalue weighted by molar-refractivity contribution is 6.04. The summed E-state index contributed by atoms with van der Waals surface area (Å²) in [5.41, 5.74) is -1.69. The number of hydrogen-bond donors (Lipinski definition) is 1. The Morgan fingerprint density at radius 1 is 0.930 bits per heavy atom. The van der Waals surface area contributed by atoms with Gasteiger partial charge >= 0.3 is 0 Å². The fourth-order valence-electron chi connectivity index (χ4n) is 7.85. The van der Waals surface area contributed by atoms with Crippen LogP contribution in [0.3, 0.4) is 0 Å². The summed E-state index contributed by atoms with van der Waals surface area (Å²) in [5.74, 6) is -2.28. The van der Waals surface area contributed by atoms with Gasteiger partial charge in [-0.2, -0.15) is 0 Å². The SMILES string of the molecule is CC(C)C[C@H](CO)N1C(=O)[C@@H]2[C@@H]3C(=O)N(c4ccccc4)CC=C[C@]3(C)O[C@@]23C=CCN(CCN2CCOCC2)C(=O)C13. The van der Waals surface area contributed by atoms with Crippen LogP contribution in [0.1, 0.15) is 27.2 Å². The van der Waals surface area contributed by atoms with Crippen molar-refractivity contribution in [2.45, 2.75) is 50.5 Å². The van der Waals surface area contributed by atoms with Crippen molar-refractivity contribution >= 4 is 23.4 Å². The molecule has 10 heteroatoms. The lowest BCUT2D eigenvalue weighted by atomic mass is 9.74. The maximum Gasteiger partial charge on any atom is 0.249 e. The Balaban J connectivity index is 1.40. The zero-order valence-corrected chi connectivity index (χ0v) is 25.4. The molecule has 6 atom stereocenters. The number of para-hydroxylation sites is 1. The quantitative estimate of drug-likeness (QED) is 0.459. The summed E-state index contributed by atoms with van der Waals surface area (Å²) < 4.78 is 12.4. The van der Waals surface area contributed by atoms with E-state index >= 15 is 0 Å². The largest absolute Gasteiger partial charge is 0.394 e. The Bertz CT molecular complexity index is 1280. The van der Waals surface area contributed by atoms with Crippen LogP contribution in [0, 0.1) is 17.8 Å². The number of ether oxygens (including phenoxy) is 2. The number of fused-ring (bicyclic) bond motifs is 2. The average molecular weight is 593 g/mol. The fraction of sp³-hybridized carbons (Fsp3) is 0.606. The van der Waals surface area contributed by atoms with E-state index in [0.717, 1.165) is 18.8 Å². The minimum Gasteiger partial charge on any atom is -0.394 e. The molecule has 3 fully saturated rings. The van der Waals surface area contributed by atoms with Crippen LogP contribution in [0.2, 0.25) is 0 Å². The molecule has 1 aromatic rings. The first-order valence-corrected chi connectivity index (χ1v) is 15.6. The smallest absolute Gasteiger partial charge is 0.249 e. The Labute approximate surface area is 253 Å². The van der Waals surface area contributed by atoms with E-state index in [-0.39, 0.29) is 30.2 Å². The van der Waals surface area contributed by atoms with Gasteiger partial charge in [-0.15, -0.1) is 0 Å². The molecule has 0 aliphatic carbocycles. The number of likely N-dealkylation sites (tertiary alicyclic amines) is 1. The molecule has 1 spiro atoms. The van der Waals surface area contributed by atoms with E-state index in [1.807, 2.05) is 75.4 Å². The van der Waals surface area contributed by atoms with Crippen LogP contribution in [0.25, 0.3) is 0 Å². The van der Waals surface area contributed by atoms with Gasteiger partial charge in [-0.3, -0.25) is 19.3 Å². The maximum absolute atomic E-state index is 14.7. The lowest BCUT2D eigenvalue weighted by Crippen LogP contribution is -2.59. The second-order valence-electron chi connectivity index (χ2n) is 13.0. The zero-order chi connectivity index (χ0) is 30.4. The number of carbonyl (C=O) groups excluding carboxylic acids is 3. The van der Waals surface area contributed by atoms with Gasteiger partial charge in [0.25, 0.3) is 0 Å². The van der Waals surface area contributed by atoms with E-state index in [1.54, 1.807) is 14.7 Å². The van der Waals surface area contributed by atoms with Gasteiger partial charge in [0.2, 0.25) is 17.7 Å². The third-order valence-electron chi connectivity index (χ3n) is 9.78. The van der Waals surface area contributed by atoms with Crippen LogP contribution in [-0.4, -0.2) is 120 Å². The monoisotopic (exact) mass is 592 g/mol. The summed E-state index contributed by atoms with van der Waals surface area (Å²) in [6.45, 7) is 10.6. The molecule has 0 aromatic heterocycles. The van der Waals surface area contributed by atoms with E-state index in [9.17, 15) is 19.5 Å². The molecule has 0 saturated carbocycles. The molecule has 232 valence electrons. The summed E-state index contributed by atoms with van der Waals surface area (Å²) in [6, 6.07) is 7.88. The highest BCUT2D eigenvalue weighted by Crippen LogP contribution is 2.58.